The second-order valence-corrected chi connectivity index (χ2v) is 6.29. The van der Waals surface area contributed by atoms with E-state index in [0.29, 0.717) is 10.8 Å². The SMILES string of the molecule is C=CC(=N/C=C\C)SSCCC(=O)ON1C(=O)CCC1=O. The Hall–Kier alpha value is -1.54. The Kier molecular flexibility index (Phi) is 7.84. The smallest absolute Gasteiger partial charge is 0.330 e. The third-order valence-electron chi connectivity index (χ3n) is 2.26. The van der Waals surface area contributed by atoms with Crippen LogP contribution in [0.15, 0.2) is 29.9 Å². The summed E-state index contributed by atoms with van der Waals surface area (Å²) in [5.74, 6) is -1.06. The lowest BCUT2D eigenvalue weighted by molar-refractivity contribution is -0.197. The Bertz CT molecular complexity index is 473. The van der Waals surface area contributed by atoms with Crippen molar-refractivity contribution in [2.45, 2.75) is 26.2 Å². The molecule has 0 aromatic rings. The number of amides is 2. The summed E-state index contributed by atoms with van der Waals surface area (Å²) < 4.78 is 0. The van der Waals surface area contributed by atoms with Crippen LogP contribution in [0, 0.1) is 0 Å². The maximum atomic E-state index is 11.5. The van der Waals surface area contributed by atoms with Gasteiger partial charge in [-0.15, -0.1) is 5.06 Å². The molecule has 21 heavy (non-hydrogen) atoms. The minimum atomic E-state index is -0.600. The monoisotopic (exact) mass is 328 g/mol. The van der Waals surface area contributed by atoms with Crippen LogP contribution in [0.25, 0.3) is 0 Å². The van der Waals surface area contributed by atoms with E-state index in [9.17, 15) is 14.4 Å². The normalized spacial score (nSPS) is 15.9. The summed E-state index contributed by atoms with van der Waals surface area (Å²) in [7, 11) is 2.81. The second-order valence-electron chi connectivity index (χ2n) is 3.85. The van der Waals surface area contributed by atoms with Gasteiger partial charge in [-0.05, 0) is 23.8 Å². The lowest BCUT2D eigenvalue weighted by Crippen LogP contribution is -2.32. The fraction of sp³-hybridized carbons (Fsp3) is 0.385. The first-order valence-corrected chi connectivity index (χ1v) is 8.57. The van der Waals surface area contributed by atoms with Crippen LogP contribution in [0.5, 0.6) is 0 Å². The Labute approximate surface area is 131 Å². The summed E-state index contributed by atoms with van der Waals surface area (Å²) >= 11 is 0. The van der Waals surface area contributed by atoms with Gasteiger partial charge in [-0.3, -0.25) is 9.59 Å². The van der Waals surface area contributed by atoms with Gasteiger partial charge < -0.3 is 4.84 Å². The topological polar surface area (TPSA) is 76.0 Å². The molecule has 0 N–H and O–H groups in total. The molecule has 1 aliphatic rings. The van der Waals surface area contributed by atoms with Gasteiger partial charge in [0.2, 0.25) is 0 Å². The Balaban J connectivity index is 2.26. The van der Waals surface area contributed by atoms with Gasteiger partial charge in [0.1, 0.15) is 5.04 Å². The van der Waals surface area contributed by atoms with E-state index in [1.54, 1.807) is 18.4 Å². The number of allylic oxidation sites excluding steroid dienone is 1. The van der Waals surface area contributed by atoms with Gasteiger partial charge in [0, 0.05) is 24.8 Å². The van der Waals surface area contributed by atoms with E-state index in [0.717, 1.165) is 5.04 Å². The predicted octanol–water partition coefficient (Wildman–Crippen LogP) is 2.48. The summed E-state index contributed by atoms with van der Waals surface area (Å²) in [5.41, 5.74) is 0. The molecule has 0 aliphatic carbocycles. The molecular formula is C13H16N2O4S2. The molecule has 1 saturated heterocycles. The fourth-order valence-corrected chi connectivity index (χ4v) is 3.11. The van der Waals surface area contributed by atoms with E-state index >= 15 is 0 Å². The zero-order valence-electron chi connectivity index (χ0n) is 11.6. The summed E-state index contributed by atoms with van der Waals surface area (Å²) in [6.45, 7) is 5.50. The van der Waals surface area contributed by atoms with E-state index in [4.69, 9.17) is 4.84 Å². The first kappa shape index (κ1) is 17.5. The Morgan fingerprint density at radius 2 is 2.10 bits per heavy atom. The van der Waals surface area contributed by atoms with Crippen LogP contribution in [0.1, 0.15) is 26.2 Å². The second kappa shape index (κ2) is 9.41. The molecule has 0 spiro atoms. The van der Waals surface area contributed by atoms with E-state index in [1.807, 2.05) is 6.92 Å². The van der Waals surface area contributed by atoms with Gasteiger partial charge >= 0.3 is 5.97 Å². The Morgan fingerprint density at radius 1 is 1.43 bits per heavy atom. The molecule has 2 amide bonds. The van der Waals surface area contributed by atoms with Crippen LogP contribution in [0.4, 0.5) is 0 Å². The maximum absolute atomic E-state index is 11.5. The summed E-state index contributed by atoms with van der Waals surface area (Å²) in [5, 5.41) is 1.29. The number of carbonyl (C=O) groups is 3. The zero-order chi connectivity index (χ0) is 15.7. The lowest BCUT2D eigenvalue weighted by Gasteiger charge is -2.12. The van der Waals surface area contributed by atoms with Crippen molar-refractivity contribution in [1.82, 2.24) is 5.06 Å². The van der Waals surface area contributed by atoms with Crippen LogP contribution >= 0.6 is 21.6 Å². The minimum Gasteiger partial charge on any atom is -0.330 e. The van der Waals surface area contributed by atoms with Gasteiger partial charge in [0.15, 0.2) is 0 Å². The highest BCUT2D eigenvalue weighted by Crippen LogP contribution is 2.25. The minimum absolute atomic E-state index is 0.0980. The van der Waals surface area contributed by atoms with Crippen molar-refractivity contribution in [2.75, 3.05) is 5.75 Å². The molecule has 0 aromatic carbocycles. The number of hydroxylamine groups is 2. The molecule has 0 bridgehead atoms. The molecule has 0 aromatic heterocycles. The summed E-state index contributed by atoms with van der Waals surface area (Å²) in [6.07, 6.45) is 5.38. The highest BCUT2D eigenvalue weighted by molar-refractivity contribution is 8.82. The van der Waals surface area contributed by atoms with Crippen LogP contribution < -0.4 is 0 Å². The molecule has 0 radical (unpaired) electrons. The van der Waals surface area contributed by atoms with E-state index in [-0.39, 0.29) is 19.3 Å². The molecular weight excluding hydrogens is 312 g/mol. The lowest BCUT2D eigenvalue weighted by atomic mass is 10.4. The number of imide groups is 1. The van der Waals surface area contributed by atoms with Gasteiger partial charge in [-0.25, -0.2) is 9.79 Å². The van der Waals surface area contributed by atoms with Crippen molar-refractivity contribution in [2.24, 2.45) is 4.99 Å². The molecule has 0 unspecified atom stereocenters. The summed E-state index contributed by atoms with van der Waals surface area (Å²) in [6, 6.07) is 0. The fourth-order valence-electron chi connectivity index (χ4n) is 1.29. The third kappa shape index (κ3) is 6.17. The number of rotatable bonds is 7. The first-order chi connectivity index (χ1) is 10.1. The van der Waals surface area contributed by atoms with Gasteiger partial charge in [0.25, 0.3) is 11.8 Å². The van der Waals surface area contributed by atoms with Crippen molar-refractivity contribution in [1.29, 1.82) is 0 Å². The highest BCUT2D eigenvalue weighted by Gasteiger charge is 2.32. The number of carbonyl (C=O) groups excluding carboxylic acids is 3. The molecule has 1 fully saturated rings. The van der Waals surface area contributed by atoms with Crippen molar-refractivity contribution >= 4 is 44.4 Å². The molecule has 0 atom stereocenters. The number of hydrogen-bond acceptors (Lipinski definition) is 7. The van der Waals surface area contributed by atoms with Crippen LogP contribution in [0.3, 0.4) is 0 Å². The summed E-state index contributed by atoms with van der Waals surface area (Å²) in [4.78, 5) is 42.9. The highest BCUT2D eigenvalue weighted by atomic mass is 33.1. The van der Waals surface area contributed by atoms with Crippen molar-refractivity contribution in [3.8, 4) is 0 Å². The largest absolute Gasteiger partial charge is 0.334 e. The van der Waals surface area contributed by atoms with E-state index < -0.39 is 17.8 Å². The van der Waals surface area contributed by atoms with Gasteiger partial charge in [-0.1, -0.05) is 23.4 Å². The van der Waals surface area contributed by atoms with Gasteiger partial charge in [-0.2, -0.15) is 0 Å². The van der Waals surface area contributed by atoms with Crippen molar-refractivity contribution in [3.05, 3.63) is 24.9 Å². The maximum Gasteiger partial charge on any atom is 0.334 e. The standard InChI is InChI=1S/C13H16N2O4S2/c1-3-8-14-10(4-2)21-20-9-7-13(18)19-15-11(16)5-6-12(15)17/h3-4,8H,2,5-7,9H2,1H3/b8-3-,14-10?. The average molecular weight is 328 g/mol. The number of nitrogens with zero attached hydrogens (tertiary/aromatic N) is 2. The van der Waals surface area contributed by atoms with Crippen molar-refractivity contribution in [3.63, 3.8) is 0 Å². The number of aliphatic imine (C=N–C) groups is 1. The molecule has 8 heteroatoms. The molecule has 6 nitrogen and oxygen atoms in total. The van der Waals surface area contributed by atoms with E-state index in [2.05, 4.69) is 11.6 Å². The molecule has 114 valence electrons. The number of hydrogen-bond donors (Lipinski definition) is 0. The zero-order valence-corrected chi connectivity index (χ0v) is 13.2. The third-order valence-corrected chi connectivity index (χ3v) is 4.56. The molecule has 1 heterocycles. The quantitative estimate of drug-likeness (QED) is 0.235. The van der Waals surface area contributed by atoms with Crippen LogP contribution in [0.2, 0.25) is 0 Å². The van der Waals surface area contributed by atoms with Gasteiger partial charge in [0.05, 0.1) is 6.42 Å². The molecule has 0 saturated carbocycles. The average Bonchev–Trinajstić information content (AvgIpc) is 2.78. The molecule has 1 rings (SSSR count). The van der Waals surface area contributed by atoms with Crippen LogP contribution in [-0.2, 0) is 19.2 Å². The van der Waals surface area contributed by atoms with Crippen LogP contribution in [-0.4, -0.2) is 33.6 Å². The molecule has 1 aliphatic heterocycles. The van der Waals surface area contributed by atoms with E-state index in [1.165, 1.54) is 21.6 Å². The Morgan fingerprint density at radius 3 is 2.67 bits per heavy atom. The predicted molar refractivity (Wildman–Crippen MR) is 84.3 cm³/mol. The van der Waals surface area contributed by atoms with Crippen molar-refractivity contribution < 1.29 is 19.2 Å². The first-order valence-electron chi connectivity index (χ1n) is 6.26.